The molecule has 3 aromatic rings. The van der Waals surface area contributed by atoms with Crippen LogP contribution in [0.4, 0.5) is 4.39 Å². The molecule has 0 saturated carbocycles. The van der Waals surface area contributed by atoms with Crippen LogP contribution in [-0.2, 0) is 4.79 Å². The molecule has 28 heavy (non-hydrogen) atoms. The highest BCUT2D eigenvalue weighted by molar-refractivity contribution is 5.92. The van der Waals surface area contributed by atoms with Gasteiger partial charge in [0.05, 0.1) is 22.3 Å². The van der Waals surface area contributed by atoms with Gasteiger partial charge < -0.3 is 4.90 Å². The Labute approximate surface area is 159 Å². The van der Waals surface area contributed by atoms with E-state index in [9.17, 15) is 19.2 Å². The van der Waals surface area contributed by atoms with Crippen LogP contribution in [0.3, 0.4) is 0 Å². The van der Waals surface area contributed by atoms with Crippen LogP contribution >= 0.6 is 0 Å². The lowest BCUT2D eigenvalue weighted by Crippen LogP contribution is -2.48. The molecule has 0 spiro atoms. The van der Waals surface area contributed by atoms with Crippen molar-refractivity contribution in [2.45, 2.75) is 5.92 Å². The number of aldehydes is 1. The summed E-state index contributed by atoms with van der Waals surface area (Å²) in [6, 6.07) is 10.6. The fourth-order valence-corrected chi connectivity index (χ4v) is 3.31. The third kappa shape index (κ3) is 2.74. The number of carbonyl (C=O) groups excluding carboxylic acids is 2. The number of benzene rings is 1. The molecular weight excluding hydrogens is 361 g/mol. The van der Waals surface area contributed by atoms with Crippen molar-refractivity contribution < 1.29 is 14.0 Å². The third-order valence-electron chi connectivity index (χ3n) is 4.78. The van der Waals surface area contributed by atoms with Gasteiger partial charge in [-0.15, -0.1) is 0 Å². The van der Waals surface area contributed by atoms with Crippen LogP contribution in [0, 0.1) is 11.3 Å². The Morgan fingerprint density at radius 2 is 2.00 bits per heavy atom. The number of halogens is 1. The molecule has 0 unspecified atom stereocenters. The van der Waals surface area contributed by atoms with Gasteiger partial charge in [-0.3, -0.25) is 9.59 Å². The molecular formula is C20H14FN5O2. The average molecular weight is 375 g/mol. The van der Waals surface area contributed by atoms with Crippen molar-refractivity contribution in [3.63, 3.8) is 0 Å². The number of nitriles is 1. The zero-order valence-corrected chi connectivity index (χ0v) is 14.7. The first-order valence-electron chi connectivity index (χ1n) is 8.50. The van der Waals surface area contributed by atoms with E-state index < -0.39 is 11.7 Å². The molecule has 0 atom stereocenters. The Hall–Kier alpha value is -3.86. The second-order valence-corrected chi connectivity index (χ2v) is 6.49. The Morgan fingerprint density at radius 3 is 2.61 bits per heavy atom. The normalized spacial score (nSPS) is 13.8. The first-order chi connectivity index (χ1) is 13.5. The second-order valence-electron chi connectivity index (χ2n) is 6.49. The topological polar surface area (TPSA) is 91.9 Å². The number of hydrogen-bond acceptors (Lipinski definition) is 5. The van der Waals surface area contributed by atoms with Crippen LogP contribution in [0.25, 0.3) is 16.7 Å². The summed E-state index contributed by atoms with van der Waals surface area (Å²) in [6.07, 6.45) is 2.29. The summed E-state index contributed by atoms with van der Waals surface area (Å²) >= 11 is 0. The molecule has 1 aromatic carbocycles. The predicted octanol–water partition coefficient (Wildman–Crippen LogP) is 2.51. The predicted molar refractivity (Wildman–Crippen MR) is 98.5 cm³/mol. The minimum absolute atomic E-state index is 0.141. The van der Waals surface area contributed by atoms with Gasteiger partial charge in [-0.1, -0.05) is 6.58 Å². The summed E-state index contributed by atoms with van der Waals surface area (Å²) in [5, 5.41) is 14.8. The highest BCUT2D eigenvalue weighted by Gasteiger charge is 2.36. The van der Waals surface area contributed by atoms with Gasteiger partial charge in [0.1, 0.15) is 12.4 Å². The second kappa shape index (κ2) is 6.70. The van der Waals surface area contributed by atoms with E-state index in [-0.39, 0.29) is 19.0 Å². The SMILES string of the molecule is C=C(F)C(=O)N1CC(c2nn(-c3ccc(C=O)cc3)c3nccc(C#N)c23)C1. The molecule has 0 N–H and O–H groups in total. The Kier molecular flexibility index (Phi) is 4.20. The van der Waals surface area contributed by atoms with E-state index in [1.54, 1.807) is 35.0 Å². The zero-order chi connectivity index (χ0) is 19.8. The molecule has 0 radical (unpaired) electrons. The van der Waals surface area contributed by atoms with E-state index in [0.717, 1.165) is 6.29 Å². The van der Waals surface area contributed by atoms with Gasteiger partial charge in [-0.2, -0.15) is 10.4 Å². The number of amides is 1. The van der Waals surface area contributed by atoms with Crippen LogP contribution in [0.15, 0.2) is 48.9 Å². The van der Waals surface area contributed by atoms with Crippen molar-refractivity contribution in [2.24, 2.45) is 0 Å². The molecule has 1 aliphatic rings. The average Bonchev–Trinajstić information content (AvgIpc) is 3.06. The molecule has 3 heterocycles. The first kappa shape index (κ1) is 17.5. The maximum atomic E-state index is 13.1. The molecule has 8 heteroatoms. The van der Waals surface area contributed by atoms with Gasteiger partial charge in [0.2, 0.25) is 0 Å². The number of aromatic nitrogens is 3. The van der Waals surface area contributed by atoms with E-state index in [1.165, 1.54) is 11.1 Å². The van der Waals surface area contributed by atoms with Crippen LogP contribution in [0.1, 0.15) is 27.5 Å². The molecule has 1 fully saturated rings. The maximum absolute atomic E-state index is 13.1. The Balaban J connectivity index is 1.79. The lowest BCUT2D eigenvalue weighted by Gasteiger charge is -2.38. The van der Waals surface area contributed by atoms with E-state index in [0.29, 0.717) is 33.5 Å². The summed E-state index contributed by atoms with van der Waals surface area (Å²) in [6.45, 7) is 3.61. The molecule has 1 aliphatic heterocycles. The molecule has 0 aliphatic carbocycles. The number of carbonyl (C=O) groups is 2. The van der Waals surface area contributed by atoms with Crippen LogP contribution in [-0.4, -0.2) is 44.9 Å². The minimum atomic E-state index is -0.997. The molecule has 0 bridgehead atoms. The Bertz CT molecular complexity index is 1150. The van der Waals surface area contributed by atoms with E-state index in [2.05, 4.69) is 22.7 Å². The van der Waals surface area contributed by atoms with Crippen LogP contribution in [0.2, 0.25) is 0 Å². The smallest absolute Gasteiger partial charge is 0.282 e. The van der Waals surface area contributed by atoms with Crippen molar-refractivity contribution in [3.8, 4) is 11.8 Å². The lowest BCUT2D eigenvalue weighted by atomic mass is 9.93. The summed E-state index contributed by atoms with van der Waals surface area (Å²) < 4.78 is 14.7. The number of nitrogens with zero attached hydrogens (tertiary/aromatic N) is 5. The highest BCUT2D eigenvalue weighted by Crippen LogP contribution is 2.34. The van der Waals surface area contributed by atoms with Gasteiger partial charge in [0.15, 0.2) is 11.5 Å². The van der Waals surface area contributed by atoms with E-state index in [4.69, 9.17) is 0 Å². The number of fused-ring (bicyclic) bond motifs is 1. The maximum Gasteiger partial charge on any atom is 0.282 e. The lowest BCUT2D eigenvalue weighted by molar-refractivity contribution is -0.133. The number of hydrogen-bond donors (Lipinski definition) is 0. The van der Waals surface area contributed by atoms with Crippen LogP contribution in [0.5, 0.6) is 0 Å². The zero-order valence-electron chi connectivity index (χ0n) is 14.7. The third-order valence-corrected chi connectivity index (χ3v) is 4.78. The molecule has 1 amide bonds. The minimum Gasteiger partial charge on any atom is -0.335 e. The van der Waals surface area contributed by atoms with Crippen molar-refractivity contribution in [1.82, 2.24) is 19.7 Å². The fraction of sp³-hybridized carbons (Fsp3) is 0.150. The van der Waals surface area contributed by atoms with Gasteiger partial charge in [-0.05, 0) is 30.3 Å². The van der Waals surface area contributed by atoms with Crippen molar-refractivity contribution >= 4 is 23.2 Å². The molecule has 2 aromatic heterocycles. The number of likely N-dealkylation sites (tertiary alicyclic amines) is 1. The van der Waals surface area contributed by atoms with Gasteiger partial charge >= 0.3 is 0 Å². The van der Waals surface area contributed by atoms with Crippen LogP contribution < -0.4 is 0 Å². The largest absolute Gasteiger partial charge is 0.335 e. The molecule has 7 nitrogen and oxygen atoms in total. The van der Waals surface area contributed by atoms with E-state index in [1.807, 2.05) is 0 Å². The van der Waals surface area contributed by atoms with Crippen molar-refractivity contribution in [2.75, 3.05) is 13.1 Å². The molecule has 138 valence electrons. The number of rotatable bonds is 4. The van der Waals surface area contributed by atoms with Crippen molar-refractivity contribution in [3.05, 3.63) is 65.8 Å². The summed E-state index contributed by atoms with van der Waals surface area (Å²) in [5.41, 5.74) is 2.79. The van der Waals surface area contributed by atoms with Gasteiger partial charge in [0, 0.05) is 30.8 Å². The quantitative estimate of drug-likeness (QED) is 0.516. The van der Waals surface area contributed by atoms with Gasteiger partial charge in [-0.25, -0.2) is 14.1 Å². The standard InChI is InChI=1S/C20H14FN5O2/c1-12(21)20(28)25-9-15(10-25)18-17-14(8-22)6-7-23-19(17)26(24-18)16-4-2-13(11-27)3-5-16/h2-7,11,15H,1,9-10H2. The molecule has 1 saturated heterocycles. The first-order valence-corrected chi connectivity index (χ1v) is 8.50. The fourth-order valence-electron chi connectivity index (χ4n) is 3.31. The molecule has 4 rings (SSSR count). The number of pyridine rings is 1. The van der Waals surface area contributed by atoms with Crippen molar-refractivity contribution in [1.29, 1.82) is 5.26 Å². The Morgan fingerprint density at radius 1 is 1.29 bits per heavy atom. The summed E-state index contributed by atoms with van der Waals surface area (Å²) in [7, 11) is 0. The highest BCUT2D eigenvalue weighted by atomic mass is 19.1. The van der Waals surface area contributed by atoms with E-state index >= 15 is 0 Å². The monoisotopic (exact) mass is 375 g/mol. The summed E-state index contributed by atoms with van der Waals surface area (Å²) in [4.78, 5) is 28.3. The summed E-state index contributed by atoms with van der Waals surface area (Å²) in [5.74, 6) is -1.87. The van der Waals surface area contributed by atoms with Gasteiger partial charge in [0.25, 0.3) is 5.91 Å².